The second kappa shape index (κ2) is 4.96. The molecule has 3 rings (SSSR count). The van der Waals surface area contributed by atoms with Crippen LogP contribution in [0.5, 0.6) is 5.75 Å². The van der Waals surface area contributed by atoms with E-state index < -0.39 is 4.92 Å². The molecule has 0 saturated heterocycles. The van der Waals surface area contributed by atoms with Gasteiger partial charge < -0.3 is 10.4 Å². The lowest BCUT2D eigenvalue weighted by molar-refractivity contribution is -0.384. The Labute approximate surface area is 124 Å². The van der Waals surface area contributed by atoms with E-state index >= 15 is 0 Å². The number of hydrogen-bond donors (Lipinski definition) is 2. The van der Waals surface area contributed by atoms with Gasteiger partial charge in [-0.1, -0.05) is 11.6 Å². The Morgan fingerprint density at radius 2 is 2.25 bits per heavy atom. The molecule has 1 unspecified atom stereocenters. The van der Waals surface area contributed by atoms with Crippen LogP contribution in [0.1, 0.15) is 22.9 Å². The SMILES string of the molecule is O=[N+]([O-])c1cc(O)ccc1NC1CCc2sc(Cl)cc21. The number of nitrogens with zero attached hydrogens (tertiary/aromatic N) is 1. The molecule has 1 aromatic heterocycles. The monoisotopic (exact) mass is 310 g/mol. The number of fused-ring (bicyclic) bond motifs is 1. The number of phenolic OH excluding ortho intramolecular Hbond substituents is 1. The first-order valence-corrected chi connectivity index (χ1v) is 7.26. The van der Waals surface area contributed by atoms with Gasteiger partial charge in [-0.3, -0.25) is 10.1 Å². The summed E-state index contributed by atoms with van der Waals surface area (Å²) in [7, 11) is 0. The second-order valence-electron chi connectivity index (χ2n) is 4.62. The lowest BCUT2D eigenvalue weighted by Crippen LogP contribution is -2.08. The minimum absolute atomic E-state index is 0.0250. The number of benzene rings is 1. The zero-order valence-corrected chi connectivity index (χ0v) is 11.9. The predicted octanol–water partition coefficient (Wildman–Crippen LogP) is 4.11. The average Bonchev–Trinajstić information content (AvgIpc) is 2.92. The van der Waals surface area contributed by atoms with Crippen LogP contribution in [0.4, 0.5) is 11.4 Å². The molecule has 2 N–H and O–H groups in total. The van der Waals surface area contributed by atoms with Gasteiger partial charge in [-0.2, -0.15) is 0 Å². The first-order chi connectivity index (χ1) is 9.54. The quantitative estimate of drug-likeness (QED) is 0.508. The van der Waals surface area contributed by atoms with E-state index in [-0.39, 0.29) is 17.5 Å². The molecule has 2 aromatic rings. The number of aromatic hydroxyl groups is 1. The van der Waals surface area contributed by atoms with Gasteiger partial charge in [0.05, 0.1) is 21.4 Å². The van der Waals surface area contributed by atoms with Gasteiger partial charge in [-0.05, 0) is 36.6 Å². The van der Waals surface area contributed by atoms with E-state index in [0.29, 0.717) is 5.69 Å². The number of nitro groups is 1. The largest absolute Gasteiger partial charge is 0.508 e. The van der Waals surface area contributed by atoms with Crippen molar-refractivity contribution in [3.05, 3.63) is 49.2 Å². The smallest absolute Gasteiger partial charge is 0.296 e. The van der Waals surface area contributed by atoms with Gasteiger partial charge in [-0.25, -0.2) is 0 Å². The van der Waals surface area contributed by atoms with E-state index in [9.17, 15) is 15.2 Å². The van der Waals surface area contributed by atoms with Crippen molar-refractivity contribution in [2.75, 3.05) is 5.32 Å². The molecule has 7 heteroatoms. The highest BCUT2D eigenvalue weighted by atomic mass is 35.5. The van der Waals surface area contributed by atoms with Crippen LogP contribution in [0.25, 0.3) is 0 Å². The molecule has 1 aromatic carbocycles. The van der Waals surface area contributed by atoms with Crippen LogP contribution in [0, 0.1) is 10.1 Å². The first kappa shape index (κ1) is 13.2. The number of anilines is 1. The Balaban J connectivity index is 1.91. The molecular formula is C13H11ClN2O3S. The number of thiophene rings is 1. The third kappa shape index (κ3) is 2.32. The Morgan fingerprint density at radius 3 is 3.00 bits per heavy atom. The van der Waals surface area contributed by atoms with E-state index in [1.165, 1.54) is 17.0 Å². The van der Waals surface area contributed by atoms with E-state index in [1.807, 2.05) is 6.07 Å². The van der Waals surface area contributed by atoms with E-state index in [4.69, 9.17) is 11.6 Å². The lowest BCUT2D eigenvalue weighted by atomic mass is 10.1. The molecule has 0 radical (unpaired) electrons. The fourth-order valence-corrected chi connectivity index (χ4v) is 3.82. The molecule has 5 nitrogen and oxygen atoms in total. The summed E-state index contributed by atoms with van der Waals surface area (Å²) in [5.74, 6) is -0.118. The fraction of sp³-hybridized carbons (Fsp3) is 0.231. The second-order valence-corrected chi connectivity index (χ2v) is 6.39. The van der Waals surface area contributed by atoms with Crippen molar-refractivity contribution in [1.29, 1.82) is 0 Å². The summed E-state index contributed by atoms with van der Waals surface area (Å²) in [5, 5.41) is 23.6. The number of nitrogens with one attached hydrogen (secondary N) is 1. The van der Waals surface area contributed by atoms with Crippen LogP contribution >= 0.6 is 22.9 Å². The van der Waals surface area contributed by atoms with Crippen LogP contribution < -0.4 is 5.32 Å². The Kier molecular flexibility index (Phi) is 3.27. The standard InChI is InChI=1S/C13H11ClN2O3S/c14-13-6-8-9(3-4-12(8)20-13)15-10-2-1-7(17)5-11(10)16(18)19/h1-2,5-6,9,15,17H,3-4H2. The Hall–Kier alpha value is -1.79. The molecule has 0 saturated carbocycles. The van der Waals surface area contributed by atoms with Gasteiger partial charge in [0.25, 0.3) is 5.69 Å². The predicted molar refractivity (Wildman–Crippen MR) is 78.8 cm³/mol. The molecule has 0 spiro atoms. The summed E-state index contributed by atoms with van der Waals surface area (Å²) in [6, 6.07) is 6.06. The van der Waals surface area contributed by atoms with Gasteiger partial charge >= 0.3 is 0 Å². The van der Waals surface area contributed by atoms with Crippen LogP contribution in [0.15, 0.2) is 24.3 Å². The summed E-state index contributed by atoms with van der Waals surface area (Å²) in [6.07, 6.45) is 1.81. The van der Waals surface area contributed by atoms with E-state index in [0.717, 1.165) is 28.8 Å². The van der Waals surface area contributed by atoms with E-state index in [1.54, 1.807) is 11.3 Å². The minimum atomic E-state index is -0.501. The third-order valence-electron chi connectivity index (χ3n) is 3.35. The normalized spacial score (nSPS) is 16.9. The van der Waals surface area contributed by atoms with Crippen LogP contribution in [-0.2, 0) is 6.42 Å². The maximum Gasteiger partial charge on any atom is 0.296 e. The van der Waals surface area contributed by atoms with Crippen molar-refractivity contribution in [2.45, 2.75) is 18.9 Å². The zero-order chi connectivity index (χ0) is 14.3. The van der Waals surface area contributed by atoms with Crippen LogP contribution in [0.3, 0.4) is 0 Å². The molecule has 1 aliphatic carbocycles. The van der Waals surface area contributed by atoms with Crippen molar-refractivity contribution in [2.24, 2.45) is 0 Å². The molecule has 1 atom stereocenters. The molecule has 0 amide bonds. The highest BCUT2D eigenvalue weighted by Crippen LogP contribution is 2.42. The summed E-state index contributed by atoms with van der Waals surface area (Å²) in [6.45, 7) is 0. The van der Waals surface area contributed by atoms with E-state index in [2.05, 4.69) is 5.32 Å². The van der Waals surface area contributed by atoms with Crippen molar-refractivity contribution >= 4 is 34.3 Å². The van der Waals surface area contributed by atoms with Gasteiger partial charge in [0.1, 0.15) is 11.4 Å². The number of nitro benzene ring substituents is 1. The molecule has 0 fully saturated rings. The summed E-state index contributed by atoms with van der Waals surface area (Å²) in [4.78, 5) is 11.8. The summed E-state index contributed by atoms with van der Waals surface area (Å²) >= 11 is 7.55. The molecule has 0 bridgehead atoms. The van der Waals surface area contributed by atoms with Gasteiger partial charge in [0, 0.05) is 4.88 Å². The third-order valence-corrected chi connectivity index (χ3v) is 4.69. The van der Waals surface area contributed by atoms with Gasteiger partial charge in [0.15, 0.2) is 0 Å². The number of hydrogen-bond acceptors (Lipinski definition) is 5. The number of rotatable bonds is 3. The highest BCUT2D eigenvalue weighted by molar-refractivity contribution is 7.16. The highest BCUT2D eigenvalue weighted by Gasteiger charge is 2.27. The average molecular weight is 311 g/mol. The van der Waals surface area contributed by atoms with Crippen molar-refractivity contribution < 1.29 is 10.0 Å². The fourth-order valence-electron chi connectivity index (χ4n) is 2.46. The molecule has 1 heterocycles. The molecule has 1 aliphatic rings. The Morgan fingerprint density at radius 1 is 1.45 bits per heavy atom. The number of halogens is 1. The topological polar surface area (TPSA) is 75.4 Å². The van der Waals surface area contributed by atoms with Crippen molar-refractivity contribution in [3.63, 3.8) is 0 Å². The molecule has 104 valence electrons. The maximum absolute atomic E-state index is 11.0. The molecule has 20 heavy (non-hydrogen) atoms. The summed E-state index contributed by atoms with van der Waals surface area (Å²) < 4.78 is 0.738. The van der Waals surface area contributed by atoms with Gasteiger partial charge in [0.2, 0.25) is 0 Å². The molecular weight excluding hydrogens is 300 g/mol. The van der Waals surface area contributed by atoms with Crippen LogP contribution in [0.2, 0.25) is 4.34 Å². The lowest BCUT2D eigenvalue weighted by Gasteiger charge is -2.14. The molecule has 0 aliphatic heterocycles. The first-order valence-electron chi connectivity index (χ1n) is 6.06. The van der Waals surface area contributed by atoms with Crippen molar-refractivity contribution in [1.82, 2.24) is 0 Å². The minimum Gasteiger partial charge on any atom is -0.508 e. The number of phenols is 1. The van der Waals surface area contributed by atoms with Crippen LogP contribution in [-0.4, -0.2) is 10.0 Å². The zero-order valence-electron chi connectivity index (χ0n) is 10.3. The van der Waals surface area contributed by atoms with Crippen molar-refractivity contribution in [3.8, 4) is 5.75 Å². The Bertz CT molecular complexity index is 686. The number of aryl methyl sites for hydroxylation is 1. The van der Waals surface area contributed by atoms with Gasteiger partial charge in [-0.15, -0.1) is 11.3 Å². The summed E-state index contributed by atoms with van der Waals surface area (Å²) in [5.41, 5.74) is 1.40. The maximum atomic E-state index is 11.0.